The maximum Gasteiger partial charge on any atom is 0.106 e. The molecule has 1 fully saturated rings. The van der Waals surface area contributed by atoms with Crippen molar-refractivity contribution in [1.29, 1.82) is 0 Å². The first-order chi connectivity index (χ1) is 4.95. The van der Waals surface area contributed by atoms with Gasteiger partial charge in [-0.15, -0.1) is 0 Å². The molecule has 0 aromatic carbocycles. The Hall–Kier alpha value is -0.790. The summed E-state index contributed by atoms with van der Waals surface area (Å²) in [7, 11) is 0. The molecule has 0 atom stereocenters. The highest BCUT2D eigenvalue weighted by molar-refractivity contribution is 4.88. The largest absolute Gasteiger partial charge is 0.349 e. The Labute approximate surface area is 60.7 Å². The molecule has 0 amide bonds. The summed E-state index contributed by atoms with van der Waals surface area (Å²) in [5.41, 5.74) is 0. The van der Waals surface area contributed by atoms with E-state index >= 15 is 0 Å². The maximum absolute atomic E-state index is 4.16. The predicted octanol–water partition coefficient (Wildman–Crippen LogP) is 1.75. The van der Waals surface area contributed by atoms with Gasteiger partial charge in [-0.1, -0.05) is 12.8 Å². The summed E-state index contributed by atoms with van der Waals surface area (Å²) in [6.07, 6.45) is 9.07. The fraction of sp³-hybridized carbons (Fsp3) is 0.625. The van der Waals surface area contributed by atoms with Gasteiger partial charge in [0.1, 0.15) is 5.82 Å². The molecule has 1 saturated carbocycles. The van der Waals surface area contributed by atoms with Crippen molar-refractivity contribution in [1.82, 2.24) is 9.97 Å². The van der Waals surface area contributed by atoms with Crippen molar-refractivity contribution in [2.75, 3.05) is 0 Å². The van der Waals surface area contributed by atoms with Crippen LogP contribution < -0.4 is 0 Å². The molecule has 0 bridgehead atoms. The molecule has 10 heavy (non-hydrogen) atoms. The van der Waals surface area contributed by atoms with Crippen LogP contribution in [0, 0.1) is 5.92 Å². The highest BCUT2D eigenvalue weighted by atomic mass is 14.9. The first-order valence-corrected chi connectivity index (χ1v) is 3.93. The number of hydrogen-bond acceptors (Lipinski definition) is 1. The van der Waals surface area contributed by atoms with Crippen molar-refractivity contribution in [3.05, 3.63) is 18.2 Å². The lowest BCUT2D eigenvalue weighted by atomic mass is 10.2. The summed E-state index contributed by atoms with van der Waals surface area (Å²) in [6, 6.07) is 0. The Morgan fingerprint density at radius 2 is 2.50 bits per heavy atom. The number of hydrogen-bond donors (Lipinski definition) is 1. The molecule has 1 aliphatic rings. The van der Waals surface area contributed by atoms with Gasteiger partial charge in [0.05, 0.1) is 0 Å². The minimum atomic E-state index is 1.02. The second kappa shape index (κ2) is 2.45. The van der Waals surface area contributed by atoms with E-state index in [1.165, 1.54) is 19.3 Å². The van der Waals surface area contributed by atoms with Gasteiger partial charge in [0.15, 0.2) is 0 Å². The Morgan fingerprint density at radius 1 is 1.60 bits per heavy atom. The quantitative estimate of drug-likeness (QED) is 0.673. The lowest BCUT2D eigenvalue weighted by Gasteiger charge is -1.92. The average Bonchev–Trinajstić information content (AvgIpc) is 2.63. The Bertz CT molecular complexity index is 187. The Kier molecular flexibility index (Phi) is 1.46. The minimum absolute atomic E-state index is 1.02. The van der Waals surface area contributed by atoms with Crippen LogP contribution in [0.3, 0.4) is 0 Å². The number of imidazole rings is 1. The number of aromatic nitrogens is 2. The maximum atomic E-state index is 4.16. The molecule has 1 aromatic heterocycles. The Morgan fingerprint density at radius 3 is 3.10 bits per heavy atom. The zero-order valence-electron chi connectivity index (χ0n) is 6.01. The molecule has 0 saturated heterocycles. The highest BCUT2D eigenvalue weighted by Gasteiger charge is 2.20. The molecule has 2 nitrogen and oxygen atoms in total. The van der Waals surface area contributed by atoms with E-state index in [1.54, 1.807) is 0 Å². The van der Waals surface area contributed by atoms with Crippen molar-refractivity contribution < 1.29 is 0 Å². The van der Waals surface area contributed by atoms with Crippen LogP contribution in [0.25, 0.3) is 0 Å². The molecule has 2 heteroatoms. The summed E-state index contributed by atoms with van der Waals surface area (Å²) < 4.78 is 0. The van der Waals surface area contributed by atoms with Crippen LogP contribution in [0.4, 0.5) is 0 Å². The van der Waals surface area contributed by atoms with Gasteiger partial charge in [-0.3, -0.25) is 0 Å². The number of nitrogens with one attached hydrogen (secondary N) is 1. The van der Waals surface area contributed by atoms with Gasteiger partial charge in [-0.05, 0) is 12.3 Å². The van der Waals surface area contributed by atoms with Crippen LogP contribution in [0.1, 0.15) is 25.1 Å². The van der Waals surface area contributed by atoms with Gasteiger partial charge in [-0.25, -0.2) is 4.98 Å². The van der Waals surface area contributed by atoms with E-state index in [9.17, 15) is 0 Å². The number of nitrogens with zero attached hydrogens (tertiary/aromatic N) is 1. The van der Waals surface area contributed by atoms with Gasteiger partial charge in [0, 0.05) is 18.8 Å². The van der Waals surface area contributed by atoms with Gasteiger partial charge < -0.3 is 4.98 Å². The van der Waals surface area contributed by atoms with Crippen molar-refractivity contribution in [2.45, 2.75) is 25.7 Å². The summed E-state index contributed by atoms with van der Waals surface area (Å²) in [5.74, 6) is 2.16. The SMILES string of the molecule is c1c[nH]c(CCC2CC2)n1. The normalized spacial score (nSPS) is 17.6. The Balaban J connectivity index is 1.79. The lowest BCUT2D eigenvalue weighted by Crippen LogP contribution is -1.88. The second-order valence-electron chi connectivity index (χ2n) is 3.02. The van der Waals surface area contributed by atoms with Crippen LogP contribution in [0.5, 0.6) is 0 Å². The topological polar surface area (TPSA) is 28.7 Å². The molecule has 1 aliphatic carbocycles. The van der Waals surface area contributed by atoms with Crippen molar-refractivity contribution in [2.24, 2.45) is 5.92 Å². The van der Waals surface area contributed by atoms with Crippen molar-refractivity contribution in [3.8, 4) is 0 Å². The van der Waals surface area contributed by atoms with Crippen LogP contribution in [0.2, 0.25) is 0 Å². The zero-order valence-corrected chi connectivity index (χ0v) is 6.01. The second-order valence-corrected chi connectivity index (χ2v) is 3.02. The van der Waals surface area contributed by atoms with Crippen LogP contribution >= 0.6 is 0 Å². The lowest BCUT2D eigenvalue weighted by molar-refractivity contribution is 0.704. The third-order valence-electron chi connectivity index (χ3n) is 2.04. The van der Waals surface area contributed by atoms with Gasteiger partial charge in [0.25, 0.3) is 0 Å². The van der Waals surface area contributed by atoms with Crippen LogP contribution in [-0.4, -0.2) is 9.97 Å². The van der Waals surface area contributed by atoms with Crippen LogP contribution in [-0.2, 0) is 6.42 Å². The molecular formula is C8H12N2. The average molecular weight is 136 g/mol. The molecule has 1 aromatic rings. The molecule has 0 aliphatic heterocycles. The molecule has 0 unspecified atom stereocenters. The van der Waals surface area contributed by atoms with E-state index in [4.69, 9.17) is 0 Å². The van der Waals surface area contributed by atoms with Crippen LogP contribution in [0.15, 0.2) is 12.4 Å². The highest BCUT2D eigenvalue weighted by Crippen LogP contribution is 2.32. The molecule has 1 N–H and O–H groups in total. The summed E-state index contributed by atoms with van der Waals surface area (Å²) in [4.78, 5) is 7.27. The van der Waals surface area contributed by atoms with E-state index < -0.39 is 0 Å². The van der Waals surface area contributed by atoms with E-state index in [0.717, 1.165) is 18.2 Å². The van der Waals surface area contributed by atoms with Crippen molar-refractivity contribution in [3.63, 3.8) is 0 Å². The standard InChI is InChI=1S/C8H12N2/c1-2-7(1)3-4-8-9-5-6-10-8/h5-7H,1-4H2,(H,9,10). The minimum Gasteiger partial charge on any atom is -0.349 e. The summed E-state index contributed by atoms with van der Waals surface area (Å²) in [6.45, 7) is 0. The third-order valence-corrected chi connectivity index (χ3v) is 2.04. The monoisotopic (exact) mass is 136 g/mol. The van der Waals surface area contributed by atoms with Gasteiger partial charge in [-0.2, -0.15) is 0 Å². The fourth-order valence-corrected chi connectivity index (χ4v) is 1.18. The first kappa shape index (κ1) is 5.96. The molecule has 54 valence electrons. The number of rotatable bonds is 3. The number of aromatic amines is 1. The zero-order chi connectivity index (χ0) is 6.81. The van der Waals surface area contributed by atoms with Gasteiger partial charge in [0.2, 0.25) is 0 Å². The third kappa shape index (κ3) is 1.38. The smallest absolute Gasteiger partial charge is 0.106 e. The first-order valence-electron chi connectivity index (χ1n) is 3.93. The van der Waals surface area contributed by atoms with E-state index in [1.807, 2.05) is 12.4 Å². The fourth-order valence-electron chi connectivity index (χ4n) is 1.18. The van der Waals surface area contributed by atoms with Gasteiger partial charge >= 0.3 is 0 Å². The molecule has 0 radical (unpaired) electrons. The van der Waals surface area contributed by atoms with E-state index in [-0.39, 0.29) is 0 Å². The molecule has 1 heterocycles. The summed E-state index contributed by atoms with van der Waals surface area (Å²) >= 11 is 0. The predicted molar refractivity (Wildman–Crippen MR) is 39.6 cm³/mol. The summed E-state index contributed by atoms with van der Waals surface area (Å²) in [5, 5.41) is 0. The molecule has 2 rings (SSSR count). The molecular weight excluding hydrogens is 124 g/mol. The van der Waals surface area contributed by atoms with Crippen molar-refractivity contribution >= 4 is 0 Å². The number of H-pyrrole nitrogens is 1. The molecule has 0 spiro atoms. The van der Waals surface area contributed by atoms with E-state index in [0.29, 0.717) is 0 Å². The number of aryl methyl sites for hydroxylation is 1. The van der Waals surface area contributed by atoms with E-state index in [2.05, 4.69) is 9.97 Å².